The molecule has 0 bridgehead atoms. The van der Waals surface area contributed by atoms with Crippen LogP contribution in [0.4, 0.5) is 0 Å². The van der Waals surface area contributed by atoms with Gasteiger partial charge < -0.3 is 9.47 Å². The van der Waals surface area contributed by atoms with Gasteiger partial charge in [0.25, 0.3) is 0 Å². The molecule has 0 saturated heterocycles. The van der Waals surface area contributed by atoms with Crippen LogP contribution in [-0.2, 0) is 29.1 Å². The molecule has 0 aromatic heterocycles. The third kappa shape index (κ3) is 7.44. The Morgan fingerprint density at radius 2 is 1.45 bits per heavy atom. The predicted molar refractivity (Wildman–Crippen MR) is 73.4 cm³/mol. The molecule has 8 heteroatoms. The molecule has 118 valence electrons. The van der Waals surface area contributed by atoms with E-state index in [4.69, 9.17) is 0 Å². The fourth-order valence-corrected chi connectivity index (χ4v) is 3.21. The number of nitrogens with one attached hydrogen (secondary N) is 1. The van der Waals surface area contributed by atoms with Crippen LogP contribution in [0.25, 0.3) is 0 Å². The highest BCUT2D eigenvalue weighted by Crippen LogP contribution is 2.15. The smallest absolute Gasteiger partial charge is 0.335 e. The highest BCUT2D eigenvalue weighted by atomic mass is 32.2. The normalized spacial score (nSPS) is 12.3. The molecule has 0 saturated carbocycles. The predicted octanol–water partition coefficient (Wildman–Crippen LogP) is 0.447. The van der Waals surface area contributed by atoms with Crippen LogP contribution in [-0.4, -0.2) is 45.4 Å². The molecule has 0 aliphatic heterocycles. The molecule has 20 heavy (non-hydrogen) atoms. The number of carbonyl (C=O) groups excluding carboxylic acids is 2. The quantitative estimate of drug-likeness (QED) is 0.541. The van der Waals surface area contributed by atoms with Gasteiger partial charge in [-0.15, -0.1) is 0 Å². The maximum atomic E-state index is 11.9. The Morgan fingerprint density at radius 3 is 1.75 bits per heavy atom. The first-order valence-corrected chi connectivity index (χ1v) is 8.01. The van der Waals surface area contributed by atoms with Crippen LogP contribution in [0.2, 0.25) is 0 Å². The third-order valence-electron chi connectivity index (χ3n) is 1.97. The second-order valence-electron chi connectivity index (χ2n) is 5.37. The van der Waals surface area contributed by atoms with E-state index in [1.54, 1.807) is 34.6 Å². The number of ether oxygens (including phenoxy) is 2. The van der Waals surface area contributed by atoms with Gasteiger partial charge in [0.05, 0.1) is 19.0 Å². The van der Waals surface area contributed by atoms with Crippen LogP contribution in [0.3, 0.4) is 0 Å². The summed E-state index contributed by atoms with van der Waals surface area (Å²) in [7, 11) is -3.82. The van der Waals surface area contributed by atoms with Crippen LogP contribution in [0.1, 0.15) is 34.6 Å². The van der Waals surface area contributed by atoms with Gasteiger partial charge in [0.2, 0.25) is 16.1 Å². The van der Waals surface area contributed by atoms with Crippen molar-refractivity contribution < 1.29 is 27.5 Å². The lowest BCUT2D eigenvalue weighted by Crippen LogP contribution is -2.49. The van der Waals surface area contributed by atoms with Gasteiger partial charge in [0.1, 0.15) is 0 Å². The van der Waals surface area contributed by atoms with Crippen LogP contribution >= 0.6 is 0 Å². The zero-order valence-electron chi connectivity index (χ0n) is 12.6. The molecular weight excluding hydrogens is 286 g/mol. The molecule has 1 N–H and O–H groups in total. The van der Waals surface area contributed by atoms with Crippen molar-refractivity contribution in [2.75, 3.05) is 19.0 Å². The molecule has 0 aromatic carbocycles. The Balaban J connectivity index is 5.06. The summed E-state index contributed by atoms with van der Waals surface area (Å²) in [4.78, 5) is 23.3. The maximum absolute atomic E-state index is 11.9. The molecule has 0 amide bonds. The summed E-state index contributed by atoms with van der Waals surface area (Å²) < 4.78 is 35.3. The molecule has 0 radical (unpaired) electrons. The van der Waals surface area contributed by atoms with Crippen molar-refractivity contribution in [1.29, 1.82) is 0 Å². The second-order valence-corrected chi connectivity index (χ2v) is 7.13. The number of esters is 2. The molecule has 0 unspecified atom stereocenters. The van der Waals surface area contributed by atoms with Crippen molar-refractivity contribution in [3.8, 4) is 0 Å². The Morgan fingerprint density at radius 1 is 1.05 bits per heavy atom. The van der Waals surface area contributed by atoms with Gasteiger partial charge in [-0.2, -0.15) is 4.72 Å². The molecule has 0 aliphatic carbocycles. The lowest BCUT2D eigenvalue weighted by molar-refractivity contribution is -0.157. The van der Waals surface area contributed by atoms with E-state index in [0.717, 1.165) is 0 Å². The van der Waals surface area contributed by atoms with E-state index >= 15 is 0 Å². The highest BCUT2D eigenvalue weighted by molar-refractivity contribution is 7.89. The third-order valence-corrected chi connectivity index (χ3v) is 3.81. The van der Waals surface area contributed by atoms with Gasteiger partial charge in [-0.3, -0.25) is 0 Å². The van der Waals surface area contributed by atoms with Crippen LogP contribution in [0.5, 0.6) is 0 Å². The minimum absolute atomic E-state index is 0.0374. The first-order chi connectivity index (χ1) is 9.02. The lowest BCUT2D eigenvalue weighted by atomic mass is 10.0. The Kier molecular flexibility index (Phi) is 7.15. The fourth-order valence-electron chi connectivity index (χ4n) is 1.43. The van der Waals surface area contributed by atoms with Crippen LogP contribution in [0.15, 0.2) is 0 Å². The largest absolute Gasteiger partial charge is 0.464 e. The standard InChI is InChI=1S/C12H23NO6S/c1-6-18-10(14)9(11(15)19-7-2)13-20(16,17)8-12(3,4)5/h9,13H,6-8H2,1-5H3. The number of sulfonamides is 1. The van der Waals surface area contributed by atoms with Crippen molar-refractivity contribution in [1.82, 2.24) is 4.72 Å². The lowest BCUT2D eigenvalue weighted by Gasteiger charge is -2.21. The summed E-state index contributed by atoms with van der Waals surface area (Å²) >= 11 is 0. The number of rotatable bonds is 7. The molecule has 0 fully saturated rings. The molecule has 0 rings (SSSR count). The SMILES string of the molecule is CCOC(=O)C(NS(=O)(=O)CC(C)(C)C)C(=O)OCC. The molecule has 0 aliphatic rings. The first-order valence-electron chi connectivity index (χ1n) is 6.35. The van der Waals surface area contributed by atoms with Gasteiger partial charge in [-0.05, 0) is 19.3 Å². The molecular formula is C12H23NO6S. The molecule has 0 aromatic rings. The van der Waals surface area contributed by atoms with E-state index in [2.05, 4.69) is 9.47 Å². The van der Waals surface area contributed by atoms with Gasteiger partial charge in [0, 0.05) is 0 Å². The van der Waals surface area contributed by atoms with E-state index in [1.807, 2.05) is 4.72 Å². The van der Waals surface area contributed by atoms with E-state index in [1.165, 1.54) is 0 Å². The fraction of sp³-hybridized carbons (Fsp3) is 0.833. The number of hydrogen-bond donors (Lipinski definition) is 1. The summed E-state index contributed by atoms with van der Waals surface area (Å²) in [6.45, 7) is 8.39. The van der Waals surface area contributed by atoms with Crippen molar-refractivity contribution in [3.05, 3.63) is 0 Å². The molecule has 7 nitrogen and oxygen atoms in total. The van der Waals surface area contributed by atoms with E-state index in [9.17, 15) is 18.0 Å². The van der Waals surface area contributed by atoms with Crippen molar-refractivity contribution in [2.24, 2.45) is 5.41 Å². The molecule has 0 atom stereocenters. The Labute approximate surface area is 120 Å². The number of carbonyl (C=O) groups is 2. The summed E-state index contributed by atoms with van der Waals surface area (Å²) in [6.07, 6.45) is 0. The average molecular weight is 309 g/mol. The van der Waals surface area contributed by atoms with Gasteiger partial charge in [0.15, 0.2) is 0 Å². The van der Waals surface area contributed by atoms with Crippen LogP contribution in [0, 0.1) is 5.41 Å². The van der Waals surface area contributed by atoms with Crippen molar-refractivity contribution >= 4 is 22.0 Å². The first kappa shape index (κ1) is 18.9. The summed E-state index contributed by atoms with van der Waals surface area (Å²) in [6, 6.07) is -1.66. The van der Waals surface area contributed by atoms with Crippen molar-refractivity contribution in [2.45, 2.75) is 40.7 Å². The van der Waals surface area contributed by atoms with Crippen LogP contribution < -0.4 is 4.72 Å². The summed E-state index contributed by atoms with van der Waals surface area (Å²) in [5.74, 6) is -2.16. The zero-order chi connectivity index (χ0) is 16.0. The van der Waals surface area contributed by atoms with E-state index < -0.39 is 33.4 Å². The van der Waals surface area contributed by atoms with Gasteiger partial charge in [-0.1, -0.05) is 20.8 Å². The molecule has 0 spiro atoms. The molecule has 0 heterocycles. The van der Waals surface area contributed by atoms with E-state index in [0.29, 0.717) is 0 Å². The summed E-state index contributed by atoms with van der Waals surface area (Å²) in [5.41, 5.74) is -0.514. The maximum Gasteiger partial charge on any atom is 0.335 e. The second kappa shape index (κ2) is 7.58. The van der Waals surface area contributed by atoms with Gasteiger partial charge >= 0.3 is 11.9 Å². The monoisotopic (exact) mass is 309 g/mol. The average Bonchev–Trinajstić information content (AvgIpc) is 2.23. The highest BCUT2D eigenvalue weighted by Gasteiger charge is 2.35. The Hall–Kier alpha value is -1.15. The zero-order valence-corrected chi connectivity index (χ0v) is 13.4. The van der Waals surface area contributed by atoms with Gasteiger partial charge in [-0.25, -0.2) is 18.0 Å². The Bertz CT molecular complexity index is 419. The minimum Gasteiger partial charge on any atom is -0.464 e. The number of hydrogen-bond acceptors (Lipinski definition) is 6. The van der Waals surface area contributed by atoms with E-state index in [-0.39, 0.29) is 19.0 Å². The topological polar surface area (TPSA) is 98.8 Å². The summed E-state index contributed by atoms with van der Waals surface area (Å²) in [5, 5.41) is 0. The minimum atomic E-state index is -3.82. The van der Waals surface area contributed by atoms with Crippen molar-refractivity contribution in [3.63, 3.8) is 0 Å².